The molecule has 0 unspecified atom stereocenters. The average Bonchev–Trinajstić information content (AvgIpc) is 2.82. The summed E-state index contributed by atoms with van der Waals surface area (Å²) in [6, 6.07) is 20.3. The molecule has 0 saturated carbocycles. The third-order valence-electron chi connectivity index (χ3n) is 3.56. The third-order valence-corrected chi connectivity index (χ3v) is 3.56. The molecule has 2 heterocycles. The number of nitrogens with zero attached hydrogens (tertiary/aromatic N) is 2. The van der Waals surface area contributed by atoms with Gasteiger partial charge in [0.05, 0.1) is 16.6 Å². The molecule has 92 valence electrons. The van der Waals surface area contributed by atoms with E-state index in [0.717, 1.165) is 33.1 Å². The Hall–Kier alpha value is -2.55. The summed E-state index contributed by atoms with van der Waals surface area (Å²) in [4.78, 5) is 4.52. The normalized spacial score (nSPS) is 11.2. The number of para-hydroxylation sites is 1. The fraction of sp³-hybridized carbons (Fsp3) is 0. The van der Waals surface area contributed by atoms with Gasteiger partial charge in [0.15, 0.2) is 0 Å². The van der Waals surface area contributed by atoms with Crippen LogP contribution >= 0.6 is 0 Å². The van der Waals surface area contributed by atoms with E-state index in [0.29, 0.717) is 0 Å². The Morgan fingerprint density at radius 3 is 2.55 bits per heavy atom. The van der Waals surface area contributed by atoms with Gasteiger partial charge >= 0.3 is 0 Å². The van der Waals surface area contributed by atoms with Crippen molar-refractivity contribution in [1.29, 1.82) is 0 Å². The van der Waals surface area contributed by atoms with Gasteiger partial charge in [0.2, 0.25) is 0 Å². The number of pyridine rings is 1. The third kappa shape index (κ3) is 1.56. The second-order valence-electron chi connectivity index (χ2n) is 4.82. The first kappa shape index (κ1) is 11.3. The van der Waals surface area contributed by atoms with E-state index >= 15 is 0 Å². The molecule has 0 N–H and O–H groups in total. The zero-order chi connectivity index (χ0) is 13.5. The van der Waals surface area contributed by atoms with Crippen molar-refractivity contribution in [2.24, 2.45) is 0 Å². The summed E-state index contributed by atoms with van der Waals surface area (Å²) in [6.07, 6.45) is 1.82. The summed E-state index contributed by atoms with van der Waals surface area (Å²) in [7, 11) is 5.93. The second-order valence-corrected chi connectivity index (χ2v) is 4.82. The van der Waals surface area contributed by atoms with Gasteiger partial charge in [-0.3, -0.25) is 4.98 Å². The van der Waals surface area contributed by atoms with Gasteiger partial charge in [0.25, 0.3) is 0 Å². The SMILES string of the molecule is [B]c1ccc2c(c1)c1ncccc1n2-c1ccccc1. The van der Waals surface area contributed by atoms with Crippen LogP contribution in [0.2, 0.25) is 0 Å². The van der Waals surface area contributed by atoms with Crippen LogP contribution in [0.15, 0.2) is 66.9 Å². The molecule has 0 saturated heterocycles. The fourth-order valence-electron chi connectivity index (χ4n) is 2.71. The van der Waals surface area contributed by atoms with Gasteiger partial charge in [0.1, 0.15) is 7.85 Å². The highest BCUT2D eigenvalue weighted by Gasteiger charge is 2.12. The number of rotatable bonds is 1. The summed E-state index contributed by atoms with van der Waals surface area (Å²) in [5.74, 6) is 0. The van der Waals surface area contributed by atoms with Gasteiger partial charge in [-0.2, -0.15) is 0 Å². The van der Waals surface area contributed by atoms with Crippen LogP contribution in [-0.4, -0.2) is 17.4 Å². The van der Waals surface area contributed by atoms with Crippen LogP contribution in [0.4, 0.5) is 0 Å². The van der Waals surface area contributed by atoms with Crippen molar-refractivity contribution in [1.82, 2.24) is 9.55 Å². The van der Waals surface area contributed by atoms with E-state index in [2.05, 4.69) is 33.8 Å². The summed E-state index contributed by atoms with van der Waals surface area (Å²) >= 11 is 0. The van der Waals surface area contributed by atoms with Gasteiger partial charge in [-0.25, -0.2) is 0 Å². The van der Waals surface area contributed by atoms with Crippen LogP contribution in [0.25, 0.3) is 27.6 Å². The van der Waals surface area contributed by atoms with Crippen molar-refractivity contribution in [2.45, 2.75) is 0 Å². The minimum absolute atomic E-state index is 0.760. The van der Waals surface area contributed by atoms with E-state index in [4.69, 9.17) is 7.85 Å². The van der Waals surface area contributed by atoms with Gasteiger partial charge in [0, 0.05) is 17.3 Å². The molecule has 2 radical (unpaired) electrons. The molecule has 0 aliphatic rings. The number of aromatic nitrogens is 2. The lowest BCUT2D eigenvalue weighted by molar-refractivity contribution is 1.18. The Morgan fingerprint density at radius 2 is 1.70 bits per heavy atom. The summed E-state index contributed by atoms with van der Waals surface area (Å²) in [5.41, 5.74) is 5.09. The molecule has 0 atom stereocenters. The highest BCUT2D eigenvalue weighted by atomic mass is 15.0. The molecule has 4 rings (SSSR count). The Balaban J connectivity index is 2.22. The van der Waals surface area contributed by atoms with Crippen molar-refractivity contribution >= 4 is 35.2 Å². The topological polar surface area (TPSA) is 17.8 Å². The molecule has 0 aliphatic heterocycles. The Bertz CT molecular complexity index is 910. The standard InChI is InChI=1S/C17H11BN2/c18-12-8-9-15-14(11-12)17-16(7-4-10-19-17)20(15)13-5-2-1-3-6-13/h1-11H. The van der Waals surface area contributed by atoms with Crippen LogP contribution in [0.3, 0.4) is 0 Å². The largest absolute Gasteiger partial charge is 0.308 e. The van der Waals surface area contributed by atoms with Crippen LogP contribution < -0.4 is 5.46 Å². The maximum atomic E-state index is 5.93. The van der Waals surface area contributed by atoms with Crippen LogP contribution in [-0.2, 0) is 0 Å². The first-order valence-electron chi connectivity index (χ1n) is 6.55. The fourth-order valence-corrected chi connectivity index (χ4v) is 2.71. The monoisotopic (exact) mass is 254 g/mol. The number of fused-ring (bicyclic) bond motifs is 3. The van der Waals surface area contributed by atoms with Crippen molar-refractivity contribution in [3.8, 4) is 5.69 Å². The minimum Gasteiger partial charge on any atom is -0.308 e. The smallest absolute Gasteiger partial charge is 0.113 e. The molecule has 2 aromatic heterocycles. The maximum Gasteiger partial charge on any atom is 0.113 e. The van der Waals surface area contributed by atoms with E-state index < -0.39 is 0 Å². The molecular weight excluding hydrogens is 243 g/mol. The molecule has 2 nitrogen and oxygen atoms in total. The van der Waals surface area contributed by atoms with E-state index in [1.54, 1.807) is 0 Å². The average molecular weight is 254 g/mol. The summed E-state index contributed by atoms with van der Waals surface area (Å²) < 4.78 is 2.22. The molecule has 20 heavy (non-hydrogen) atoms. The zero-order valence-electron chi connectivity index (χ0n) is 10.8. The number of benzene rings is 2. The molecule has 0 amide bonds. The molecule has 0 bridgehead atoms. The van der Waals surface area contributed by atoms with E-state index in [9.17, 15) is 0 Å². The van der Waals surface area contributed by atoms with Crippen LogP contribution in [0.1, 0.15) is 0 Å². The highest BCUT2D eigenvalue weighted by molar-refractivity contribution is 6.33. The molecule has 0 aliphatic carbocycles. The maximum absolute atomic E-state index is 5.93. The van der Waals surface area contributed by atoms with Crippen molar-refractivity contribution in [3.05, 3.63) is 66.9 Å². The Kier molecular flexibility index (Phi) is 2.39. The summed E-state index contributed by atoms with van der Waals surface area (Å²) in [5, 5.41) is 1.09. The molecule has 2 aromatic carbocycles. The quantitative estimate of drug-likeness (QED) is 0.477. The van der Waals surface area contributed by atoms with E-state index in [-0.39, 0.29) is 0 Å². The van der Waals surface area contributed by atoms with E-state index in [1.165, 1.54) is 0 Å². The Labute approximate surface area is 118 Å². The molecule has 4 aromatic rings. The number of hydrogen-bond donors (Lipinski definition) is 0. The zero-order valence-corrected chi connectivity index (χ0v) is 10.8. The predicted octanol–water partition coefficient (Wildman–Crippen LogP) is 2.97. The minimum atomic E-state index is 0.760. The van der Waals surface area contributed by atoms with Crippen molar-refractivity contribution < 1.29 is 0 Å². The van der Waals surface area contributed by atoms with Crippen molar-refractivity contribution in [2.75, 3.05) is 0 Å². The first-order chi connectivity index (χ1) is 9.84. The molecule has 3 heteroatoms. The molecule has 0 spiro atoms. The second kappa shape index (κ2) is 4.24. The van der Waals surface area contributed by atoms with Crippen LogP contribution in [0, 0.1) is 0 Å². The van der Waals surface area contributed by atoms with Gasteiger partial charge in [-0.1, -0.05) is 35.8 Å². The number of hydrogen-bond acceptors (Lipinski definition) is 1. The lowest BCUT2D eigenvalue weighted by Gasteiger charge is -2.06. The highest BCUT2D eigenvalue weighted by Crippen LogP contribution is 2.29. The molecular formula is C17H11BN2. The lowest BCUT2D eigenvalue weighted by atomic mass is 9.95. The molecule has 0 fully saturated rings. The predicted molar refractivity (Wildman–Crippen MR) is 84.0 cm³/mol. The summed E-state index contributed by atoms with van der Waals surface area (Å²) in [6.45, 7) is 0. The van der Waals surface area contributed by atoms with Gasteiger partial charge in [-0.15, -0.1) is 0 Å². The van der Waals surface area contributed by atoms with Crippen LogP contribution in [0.5, 0.6) is 0 Å². The van der Waals surface area contributed by atoms with Gasteiger partial charge in [-0.05, 0) is 30.3 Å². The van der Waals surface area contributed by atoms with Gasteiger partial charge < -0.3 is 4.57 Å². The van der Waals surface area contributed by atoms with Crippen molar-refractivity contribution in [3.63, 3.8) is 0 Å². The first-order valence-corrected chi connectivity index (χ1v) is 6.55. The van der Waals surface area contributed by atoms with E-state index in [1.807, 2.05) is 42.6 Å². The Morgan fingerprint density at radius 1 is 0.850 bits per heavy atom. The lowest BCUT2D eigenvalue weighted by Crippen LogP contribution is -2.00.